The second-order valence-corrected chi connectivity index (χ2v) is 9.49. The summed E-state index contributed by atoms with van der Waals surface area (Å²) in [6.07, 6.45) is 4.07. The van der Waals surface area contributed by atoms with Crippen molar-refractivity contribution in [1.82, 2.24) is 10.6 Å². The first kappa shape index (κ1) is 27.2. The van der Waals surface area contributed by atoms with Crippen molar-refractivity contribution < 1.29 is 19.1 Å². The van der Waals surface area contributed by atoms with E-state index in [1.807, 2.05) is 6.92 Å². The van der Waals surface area contributed by atoms with Gasteiger partial charge in [0.05, 0.1) is 22.2 Å². The topological polar surface area (TPSA) is 76.7 Å². The van der Waals surface area contributed by atoms with Crippen LogP contribution in [0.3, 0.4) is 0 Å². The van der Waals surface area contributed by atoms with Gasteiger partial charge in [-0.1, -0.05) is 26.7 Å². The quantitative estimate of drug-likeness (QED) is 0.279. The standard InChI is InChI=1S/C25H32Br2N2O4/c1-4-6-12-32-22-10-8-18(14-20(22)26)24(30)28-16-17(3)29-25(31)19-9-11-23(21(27)15-19)33-13-7-5-2/h8-11,14-15,17H,4-7,12-13,16H2,1-3H3,(H,28,30)(H,29,31). The van der Waals surface area contributed by atoms with Crippen molar-refractivity contribution in [3.05, 3.63) is 56.5 Å². The highest BCUT2D eigenvalue weighted by molar-refractivity contribution is 9.10. The van der Waals surface area contributed by atoms with E-state index in [-0.39, 0.29) is 17.9 Å². The Hall–Kier alpha value is -2.06. The lowest BCUT2D eigenvalue weighted by Gasteiger charge is -2.16. The maximum Gasteiger partial charge on any atom is 0.251 e. The monoisotopic (exact) mass is 582 g/mol. The minimum atomic E-state index is -0.249. The second-order valence-electron chi connectivity index (χ2n) is 7.78. The smallest absolute Gasteiger partial charge is 0.251 e. The lowest BCUT2D eigenvalue weighted by atomic mass is 10.2. The summed E-state index contributed by atoms with van der Waals surface area (Å²) in [7, 11) is 0. The summed E-state index contributed by atoms with van der Waals surface area (Å²) >= 11 is 6.92. The Balaban J connectivity index is 1.85. The number of benzene rings is 2. The number of ether oxygens (including phenoxy) is 2. The maximum absolute atomic E-state index is 12.6. The first-order chi connectivity index (χ1) is 15.8. The van der Waals surface area contributed by atoms with Gasteiger partial charge in [0.25, 0.3) is 11.8 Å². The fourth-order valence-corrected chi connectivity index (χ4v) is 3.86. The zero-order chi connectivity index (χ0) is 24.2. The van der Waals surface area contributed by atoms with E-state index >= 15 is 0 Å². The van der Waals surface area contributed by atoms with Crippen LogP contribution < -0.4 is 20.1 Å². The Labute approximate surface area is 213 Å². The van der Waals surface area contributed by atoms with Gasteiger partial charge in [0.15, 0.2) is 0 Å². The molecule has 33 heavy (non-hydrogen) atoms. The lowest BCUT2D eigenvalue weighted by molar-refractivity contribution is 0.0912. The van der Waals surface area contributed by atoms with Gasteiger partial charge >= 0.3 is 0 Å². The number of amides is 2. The molecule has 0 aromatic heterocycles. The average Bonchev–Trinajstić information content (AvgIpc) is 2.79. The molecule has 0 spiro atoms. The van der Waals surface area contributed by atoms with Crippen LogP contribution in [-0.4, -0.2) is 37.6 Å². The van der Waals surface area contributed by atoms with Crippen LogP contribution in [0.25, 0.3) is 0 Å². The molecule has 0 aliphatic heterocycles. The molecular weight excluding hydrogens is 552 g/mol. The van der Waals surface area contributed by atoms with Crippen LogP contribution in [0.15, 0.2) is 45.3 Å². The number of carbonyl (C=O) groups excluding carboxylic acids is 2. The SMILES string of the molecule is CCCCOc1ccc(C(=O)NCC(C)NC(=O)c2ccc(OCCCC)c(Br)c2)cc1Br. The predicted molar refractivity (Wildman–Crippen MR) is 138 cm³/mol. The zero-order valence-electron chi connectivity index (χ0n) is 19.4. The third-order valence-electron chi connectivity index (χ3n) is 4.85. The zero-order valence-corrected chi connectivity index (χ0v) is 22.6. The molecule has 2 amide bonds. The van der Waals surface area contributed by atoms with Gasteiger partial charge in [-0.15, -0.1) is 0 Å². The van der Waals surface area contributed by atoms with Gasteiger partial charge < -0.3 is 20.1 Å². The first-order valence-corrected chi connectivity index (χ1v) is 12.9. The Bertz CT molecular complexity index is 937. The molecule has 2 aromatic carbocycles. The van der Waals surface area contributed by atoms with E-state index in [4.69, 9.17) is 9.47 Å². The summed E-state index contributed by atoms with van der Waals surface area (Å²) in [5.41, 5.74) is 1.04. The van der Waals surface area contributed by atoms with Gasteiger partial charge in [-0.05, 0) is 88.0 Å². The van der Waals surface area contributed by atoms with Crippen molar-refractivity contribution in [3.8, 4) is 11.5 Å². The van der Waals surface area contributed by atoms with Crippen molar-refractivity contribution in [2.45, 2.75) is 52.5 Å². The molecular formula is C25H32Br2N2O4. The van der Waals surface area contributed by atoms with Crippen LogP contribution in [0.2, 0.25) is 0 Å². The summed E-state index contributed by atoms with van der Waals surface area (Å²) < 4.78 is 12.9. The van der Waals surface area contributed by atoms with Crippen molar-refractivity contribution in [2.24, 2.45) is 0 Å². The maximum atomic E-state index is 12.6. The molecule has 0 saturated carbocycles. The van der Waals surface area contributed by atoms with Crippen LogP contribution in [0.1, 0.15) is 67.2 Å². The number of hydrogen-bond acceptors (Lipinski definition) is 4. The largest absolute Gasteiger partial charge is 0.492 e. The Morgan fingerprint density at radius 3 is 1.79 bits per heavy atom. The fourth-order valence-electron chi connectivity index (χ4n) is 2.88. The van der Waals surface area contributed by atoms with E-state index in [0.717, 1.165) is 34.6 Å². The van der Waals surface area contributed by atoms with Crippen LogP contribution in [0.4, 0.5) is 0 Å². The molecule has 2 aromatic rings. The van der Waals surface area contributed by atoms with Crippen molar-refractivity contribution >= 4 is 43.7 Å². The second kappa shape index (κ2) is 14.3. The number of halogens is 2. The van der Waals surface area contributed by atoms with Gasteiger partial charge in [0.2, 0.25) is 0 Å². The van der Waals surface area contributed by atoms with Gasteiger partial charge in [-0.2, -0.15) is 0 Å². The molecule has 0 saturated heterocycles. The molecule has 6 nitrogen and oxygen atoms in total. The highest BCUT2D eigenvalue weighted by Crippen LogP contribution is 2.27. The molecule has 0 radical (unpaired) electrons. The van der Waals surface area contributed by atoms with E-state index in [0.29, 0.717) is 42.4 Å². The van der Waals surface area contributed by atoms with Gasteiger partial charge in [0.1, 0.15) is 11.5 Å². The molecule has 2 rings (SSSR count). The Kier molecular flexibility index (Phi) is 11.7. The normalized spacial score (nSPS) is 11.5. The number of carbonyl (C=O) groups is 2. The first-order valence-electron chi connectivity index (χ1n) is 11.3. The third kappa shape index (κ3) is 9.01. The molecule has 0 bridgehead atoms. The van der Waals surface area contributed by atoms with Gasteiger partial charge in [-0.3, -0.25) is 9.59 Å². The highest BCUT2D eigenvalue weighted by atomic mass is 79.9. The van der Waals surface area contributed by atoms with Crippen molar-refractivity contribution in [2.75, 3.05) is 19.8 Å². The van der Waals surface area contributed by atoms with Crippen LogP contribution >= 0.6 is 31.9 Å². The summed E-state index contributed by atoms with van der Waals surface area (Å²) in [6, 6.07) is 10.3. The highest BCUT2D eigenvalue weighted by Gasteiger charge is 2.14. The molecule has 0 fully saturated rings. The minimum Gasteiger partial charge on any atom is -0.492 e. The van der Waals surface area contributed by atoms with E-state index in [2.05, 4.69) is 56.3 Å². The summed E-state index contributed by atoms with van der Waals surface area (Å²) in [5.74, 6) is 1.00. The molecule has 1 atom stereocenters. The predicted octanol–water partition coefficient (Wildman–Crippen LogP) is 6.12. The molecule has 2 N–H and O–H groups in total. The van der Waals surface area contributed by atoms with Crippen LogP contribution in [-0.2, 0) is 0 Å². The summed E-state index contributed by atoms with van der Waals surface area (Å²) in [4.78, 5) is 25.1. The van der Waals surface area contributed by atoms with Crippen molar-refractivity contribution in [3.63, 3.8) is 0 Å². The van der Waals surface area contributed by atoms with E-state index in [1.165, 1.54) is 0 Å². The number of rotatable bonds is 13. The van der Waals surface area contributed by atoms with Crippen molar-refractivity contribution in [1.29, 1.82) is 0 Å². The van der Waals surface area contributed by atoms with E-state index in [9.17, 15) is 9.59 Å². The molecule has 0 heterocycles. The average molecular weight is 584 g/mol. The molecule has 8 heteroatoms. The molecule has 0 aliphatic carbocycles. The molecule has 0 aliphatic rings. The molecule has 1 unspecified atom stereocenters. The minimum absolute atomic E-state index is 0.214. The van der Waals surface area contributed by atoms with Gasteiger partial charge in [-0.25, -0.2) is 0 Å². The van der Waals surface area contributed by atoms with Crippen LogP contribution in [0, 0.1) is 0 Å². The van der Waals surface area contributed by atoms with E-state index in [1.54, 1.807) is 36.4 Å². The number of unbranched alkanes of at least 4 members (excludes halogenated alkanes) is 2. The number of nitrogens with one attached hydrogen (secondary N) is 2. The Morgan fingerprint density at radius 1 is 0.848 bits per heavy atom. The molecule has 180 valence electrons. The lowest BCUT2D eigenvalue weighted by Crippen LogP contribution is -2.41. The Morgan fingerprint density at radius 2 is 1.33 bits per heavy atom. The number of hydrogen-bond donors (Lipinski definition) is 2. The fraction of sp³-hybridized carbons (Fsp3) is 0.440. The van der Waals surface area contributed by atoms with Gasteiger partial charge in [0, 0.05) is 23.7 Å². The summed E-state index contributed by atoms with van der Waals surface area (Å²) in [6.45, 7) is 7.64. The van der Waals surface area contributed by atoms with E-state index < -0.39 is 0 Å². The van der Waals surface area contributed by atoms with Crippen LogP contribution in [0.5, 0.6) is 11.5 Å². The summed E-state index contributed by atoms with van der Waals surface area (Å²) in [5, 5.41) is 5.77. The third-order valence-corrected chi connectivity index (χ3v) is 6.08.